The monoisotopic (exact) mass is 463 g/mol. The highest BCUT2D eigenvalue weighted by molar-refractivity contribution is 7.99. The molecule has 1 amide bonds. The first-order valence-electron chi connectivity index (χ1n) is 10.1. The molecule has 10 heteroatoms. The second-order valence-electron chi connectivity index (χ2n) is 7.07. The summed E-state index contributed by atoms with van der Waals surface area (Å²) in [6.07, 6.45) is 0. The van der Waals surface area contributed by atoms with Crippen LogP contribution in [0.2, 0.25) is 0 Å². The maximum Gasteiger partial charge on any atom is 0.289 e. The zero-order chi connectivity index (χ0) is 21.7. The third-order valence-corrected chi connectivity index (χ3v) is 8.86. The van der Waals surface area contributed by atoms with Crippen LogP contribution in [0.4, 0.5) is 0 Å². The minimum atomic E-state index is -3.91. The predicted octanol–water partition coefficient (Wildman–Crippen LogP) is 1.96. The number of sulfonamides is 1. The largest absolute Gasteiger partial charge is 0.379 e. The highest BCUT2D eigenvalue weighted by atomic mass is 32.3. The molecule has 0 aliphatic carbocycles. The molecule has 0 bridgehead atoms. The van der Waals surface area contributed by atoms with Gasteiger partial charge in [-0.15, -0.1) is 3.77 Å². The molecule has 2 heterocycles. The summed E-state index contributed by atoms with van der Waals surface area (Å²) in [5, 5.41) is 0. The van der Waals surface area contributed by atoms with Gasteiger partial charge in [-0.3, -0.25) is 4.79 Å². The molecule has 2 saturated heterocycles. The van der Waals surface area contributed by atoms with Gasteiger partial charge in [0.2, 0.25) is 0 Å². The second-order valence-corrected chi connectivity index (χ2v) is 10.6. The molecule has 4 rings (SSSR count). The van der Waals surface area contributed by atoms with Crippen LogP contribution < -0.4 is 0 Å². The van der Waals surface area contributed by atoms with Crippen molar-refractivity contribution < 1.29 is 22.7 Å². The Labute approximate surface area is 185 Å². The zero-order valence-corrected chi connectivity index (χ0v) is 18.7. The van der Waals surface area contributed by atoms with Crippen LogP contribution in [0, 0.1) is 0 Å². The lowest BCUT2D eigenvalue weighted by atomic mass is 10.2. The van der Waals surface area contributed by atoms with Crippen LogP contribution in [0.3, 0.4) is 0 Å². The molecule has 2 aromatic rings. The van der Waals surface area contributed by atoms with Crippen molar-refractivity contribution in [3.63, 3.8) is 0 Å². The first-order valence-corrected chi connectivity index (χ1v) is 12.7. The van der Waals surface area contributed by atoms with Crippen molar-refractivity contribution in [2.75, 3.05) is 52.6 Å². The van der Waals surface area contributed by atoms with Gasteiger partial charge < -0.3 is 14.4 Å². The van der Waals surface area contributed by atoms with E-state index in [4.69, 9.17) is 9.47 Å². The van der Waals surface area contributed by atoms with Gasteiger partial charge in [-0.2, -0.15) is 8.42 Å². The van der Waals surface area contributed by atoms with Crippen molar-refractivity contribution >= 4 is 26.8 Å². The number of carbonyl (C=O) groups excluding carboxylic acids is 1. The Bertz CT molecular complexity index is 1050. The highest BCUT2D eigenvalue weighted by Gasteiger charge is 2.27. The topological polar surface area (TPSA) is 88.5 Å². The number of hydrogen-bond donors (Lipinski definition) is 0. The van der Waals surface area contributed by atoms with E-state index in [1.807, 2.05) is 10.4 Å². The van der Waals surface area contributed by atoms with E-state index in [0.29, 0.717) is 63.1 Å². The molecule has 0 N–H and O–H groups in total. The minimum absolute atomic E-state index is 0.128. The Balaban J connectivity index is 1.79. The van der Waals surface area contributed by atoms with Crippen LogP contribution in [-0.2, 0) is 30.4 Å². The van der Waals surface area contributed by atoms with Crippen LogP contribution in [0.5, 0.6) is 0 Å². The van der Waals surface area contributed by atoms with E-state index in [9.17, 15) is 13.2 Å². The van der Waals surface area contributed by atoms with Gasteiger partial charge >= 0.3 is 0 Å². The number of hydrogen-bond acceptors (Lipinski definition) is 5. The van der Waals surface area contributed by atoms with Crippen LogP contribution in [0.25, 0.3) is 0 Å². The smallest absolute Gasteiger partial charge is 0.289 e. The van der Waals surface area contributed by atoms with Crippen LogP contribution in [0.1, 0.15) is 10.4 Å². The summed E-state index contributed by atoms with van der Waals surface area (Å²) in [5.41, 5.74) is 0.478. The molecule has 2 aliphatic heterocycles. The lowest BCUT2D eigenvalue weighted by Crippen LogP contribution is -2.42. The molecule has 1 atom stereocenters. The summed E-state index contributed by atoms with van der Waals surface area (Å²) in [4.78, 5) is 15.8. The zero-order valence-electron chi connectivity index (χ0n) is 17.1. The quantitative estimate of drug-likeness (QED) is 0.674. The Morgan fingerprint density at radius 1 is 0.839 bits per heavy atom. The van der Waals surface area contributed by atoms with Crippen molar-refractivity contribution in [2.24, 2.45) is 3.77 Å². The summed E-state index contributed by atoms with van der Waals surface area (Å²) in [5.74, 6) is -0.128. The van der Waals surface area contributed by atoms with Gasteiger partial charge in [-0.1, -0.05) is 30.3 Å². The molecule has 0 aromatic heterocycles. The standard InChI is InChI=1S/C21H25N3O5S2/c25-21(23-10-14-28-15-11-23)19-8-4-5-9-20(19)30(24-12-16-29-17-13-24)22-31(26,27)18-6-2-1-3-7-18/h1-9H,10-17H2/t30-/m1/s1. The highest BCUT2D eigenvalue weighted by Crippen LogP contribution is 2.25. The molecular weight excluding hydrogens is 438 g/mol. The van der Waals surface area contributed by atoms with Crippen molar-refractivity contribution in [1.82, 2.24) is 9.21 Å². The maximum absolute atomic E-state index is 13.3. The fourth-order valence-electron chi connectivity index (χ4n) is 3.41. The van der Waals surface area contributed by atoms with E-state index < -0.39 is 20.9 Å². The molecule has 0 radical (unpaired) electrons. The fraction of sp³-hybridized carbons (Fsp3) is 0.381. The molecule has 8 nitrogen and oxygen atoms in total. The van der Waals surface area contributed by atoms with Gasteiger partial charge in [0, 0.05) is 42.0 Å². The first kappa shape index (κ1) is 22.1. The van der Waals surface area contributed by atoms with E-state index >= 15 is 0 Å². The molecule has 2 aliphatic rings. The average molecular weight is 464 g/mol. The fourth-order valence-corrected chi connectivity index (χ4v) is 7.03. The Kier molecular flexibility index (Phi) is 7.13. The van der Waals surface area contributed by atoms with E-state index in [2.05, 4.69) is 3.77 Å². The molecule has 166 valence electrons. The molecule has 2 fully saturated rings. The van der Waals surface area contributed by atoms with Gasteiger partial charge in [-0.05, 0) is 24.3 Å². The van der Waals surface area contributed by atoms with Gasteiger partial charge in [0.25, 0.3) is 15.9 Å². The van der Waals surface area contributed by atoms with Crippen molar-refractivity contribution in [2.45, 2.75) is 9.79 Å². The number of nitrogens with zero attached hydrogens (tertiary/aromatic N) is 3. The van der Waals surface area contributed by atoms with Gasteiger partial charge in [0.1, 0.15) is 0 Å². The van der Waals surface area contributed by atoms with Crippen molar-refractivity contribution in [1.29, 1.82) is 0 Å². The molecule has 0 unspecified atom stereocenters. The molecule has 2 aromatic carbocycles. The normalized spacial score (nSPS) is 19.3. The number of rotatable bonds is 5. The first-order chi connectivity index (χ1) is 15.1. The maximum atomic E-state index is 13.3. The minimum Gasteiger partial charge on any atom is -0.379 e. The SMILES string of the molecule is O=C(c1ccccc1[S@](=NS(=O)(=O)c1ccccc1)N1CCOCC1)N1CCOCC1. The van der Waals surface area contributed by atoms with E-state index in [0.717, 1.165) is 0 Å². The van der Waals surface area contributed by atoms with Crippen LogP contribution in [-0.4, -0.2) is 76.1 Å². The Morgan fingerprint density at radius 2 is 1.42 bits per heavy atom. The van der Waals surface area contributed by atoms with Crippen molar-refractivity contribution in [3.05, 3.63) is 60.2 Å². The summed E-state index contributed by atoms with van der Waals surface area (Å²) in [7, 11) is -5.08. The second kappa shape index (κ2) is 10.0. The number of morpholine rings is 2. The lowest BCUT2D eigenvalue weighted by Gasteiger charge is -2.31. The number of benzene rings is 2. The van der Waals surface area contributed by atoms with Crippen molar-refractivity contribution in [3.8, 4) is 0 Å². The summed E-state index contributed by atoms with van der Waals surface area (Å²) in [6.45, 7) is 4.07. The Hall–Kier alpha value is -2.11. The number of carbonyl (C=O) groups is 1. The van der Waals surface area contributed by atoms with E-state index in [1.165, 1.54) is 12.1 Å². The van der Waals surface area contributed by atoms with E-state index in [-0.39, 0.29) is 10.8 Å². The molecular formula is C21H25N3O5S2. The van der Waals surface area contributed by atoms with Crippen LogP contribution >= 0.6 is 0 Å². The molecule has 0 saturated carbocycles. The summed E-state index contributed by atoms with van der Waals surface area (Å²) < 4.78 is 43.4. The summed E-state index contributed by atoms with van der Waals surface area (Å²) in [6, 6.07) is 15.3. The third kappa shape index (κ3) is 5.21. The van der Waals surface area contributed by atoms with Gasteiger partial charge in [0.15, 0.2) is 0 Å². The molecule has 31 heavy (non-hydrogen) atoms. The van der Waals surface area contributed by atoms with Crippen LogP contribution in [0.15, 0.2) is 68.2 Å². The Morgan fingerprint density at radius 3 is 2.10 bits per heavy atom. The van der Waals surface area contributed by atoms with Gasteiger partial charge in [0.05, 0.1) is 36.9 Å². The van der Waals surface area contributed by atoms with E-state index in [1.54, 1.807) is 41.3 Å². The lowest BCUT2D eigenvalue weighted by molar-refractivity contribution is 0.0300. The number of amides is 1. The average Bonchev–Trinajstić information content (AvgIpc) is 2.84. The predicted molar refractivity (Wildman–Crippen MR) is 117 cm³/mol. The molecule has 0 spiro atoms. The van der Waals surface area contributed by atoms with Gasteiger partial charge in [-0.25, -0.2) is 4.31 Å². The third-order valence-electron chi connectivity index (χ3n) is 5.04. The summed E-state index contributed by atoms with van der Waals surface area (Å²) >= 11 is 0. The number of ether oxygens (including phenoxy) is 2.